The number of rotatable bonds is 5. The van der Waals surface area contributed by atoms with E-state index in [0.717, 1.165) is 12.1 Å². The molecule has 0 saturated heterocycles. The molecule has 1 aromatic carbocycles. The molecule has 4 heteroatoms. The molecule has 2 rings (SSSR count). The molecular weight excluding hydrogens is 214 g/mol. The molecule has 1 aromatic heterocycles. The highest BCUT2D eigenvalue weighted by Crippen LogP contribution is 2.09. The summed E-state index contributed by atoms with van der Waals surface area (Å²) in [5.41, 5.74) is 2.05. The van der Waals surface area contributed by atoms with Crippen molar-refractivity contribution in [1.29, 1.82) is 0 Å². The molecule has 2 aromatic rings. The first kappa shape index (κ1) is 11.8. The second-order valence-electron chi connectivity index (χ2n) is 4.08. The molecule has 90 valence electrons. The highest BCUT2D eigenvalue weighted by atomic mass is 16.3. The van der Waals surface area contributed by atoms with Crippen LogP contribution in [0.1, 0.15) is 17.2 Å². The lowest BCUT2D eigenvalue weighted by atomic mass is 10.2. The van der Waals surface area contributed by atoms with Crippen molar-refractivity contribution in [2.45, 2.75) is 12.6 Å². The predicted molar refractivity (Wildman–Crippen MR) is 66.3 cm³/mol. The van der Waals surface area contributed by atoms with Gasteiger partial charge in [-0.15, -0.1) is 0 Å². The van der Waals surface area contributed by atoms with Crippen molar-refractivity contribution in [1.82, 2.24) is 15.1 Å². The molecule has 0 radical (unpaired) electrons. The second-order valence-corrected chi connectivity index (χ2v) is 4.08. The number of aliphatic hydroxyl groups excluding tert-OH is 1. The van der Waals surface area contributed by atoms with Gasteiger partial charge in [0.2, 0.25) is 0 Å². The van der Waals surface area contributed by atoms with Crippen LogP contribution < -0.4 is 5.32 Å². The van der Waals surface area contributed by atoms with Gasteiger partial charge in [0.25, 0.3) is 0 Å². The lowest BCUT2D eigenvalue weighted by Crippen LogP contribution is -2.20. The van der Waals surface area contributed by atoms with Crippen molar-refractivity contribution in [3.8, 4) is 0 Å². The minimum absolute atomic E-state index is 0.507. The van der Waals surface area contributed by atoms with E-state index in [-0.39, 0.29) is 0 Å². The Morgan fingerprint density at radius 3 is 2.76 bits per heavy atom. The number of aliphatic hydroxyl groups is 1. The van der Waals surface area contributed by atoms with Gasteiger partial charge in [-0.05, 0) is 5.56 Å². The van der Waals surface area contributed by atoms with Crippen molar-refractivity contribution in [3.63, 3.8) is 0 Å². The Morgan fingerprint density at radius 2 is 2.12 bits per heavy atom. The Labute approximate surface area is 101 Å². The van der Waals surface area contributed by atoms with Gasteiger partial charge >= 0.3 is 0 Å². The third-order valence-corrected chi connectivity index (χ3v) is 2.62. The second kappa shape index (κ2) is 5.61. The fourth-order valence-electron chi connectivity index (χ4n) is 1.68. The van der Waals surface area contributed by atoms with Gasteiger partial charge < -0.3 is 10.4 Å². The molecule has 1 atom stereocenters. The number of benzene rings is 1. The zero-order valence-corrected chi connectivity index (χ0v) is 9.87. The lowest BCUT2D eigenvalue weighted by molar-refractivity contribution is 0.174. The molecule has 0 unspecified atom stereocenters. The summed E-state index contributed by atoms with van der Waals surface area (Å²) < 4.78 is 1.69. The minimum Gasteiger partial charge on any atom is -0.387 e. The van der Waals surface area contributed by atoms with Crippen molar-refractivity contribution in [2.75, 3.05) is 6.54 Å². The number of aryl methyl sites for hydroxylation is 1. The number of nitrogens with one attached hydrogen (secondary N) is 1. The van der Waals surface area contributed by atoms with Gasteiger partial charge in [-0.2, -0.15) is 5.10 Å². The van der Waals surface area contributed by atoms with Crippen LogP contribution in [-0.2, 0) is 13.6 Å². The first-order chi connectivity index (χ1) is 8.25. The van der Waals surface area contributed by atoms with Gasteiger partial charge in [-0.1, -0.05) is 30.3 Å². The van der Waals surface area contributed by atoms with Gasteiger partial charge in [0.05, 0.1) is 12.3 Å². The van der Waals surface area contributed by atoms with E-state index >= 15 is 0 Å². The van der Waals surface area contributed by atoms with Crippen LogP contribution in [0.2, 0.25) is 0 Å². The Balaban J connectivity index is 1.79. The summed E-state index contributed by atoms with van der Waals surface area (Å²) in [7, 11) is 1.84. The Kier molecular flexibility index (Phi) is 3.90. The van der Waals surface area contributed by atoms with E-state index in [9.17, 15) is 5.11 Å². The monoisotopic (exact) mass is 231 g/mol. The Hall–Kier alpha value is -1.65. The van der Waals surface area contributed by atoms with E-state index in [1.165, 1.54) is 5.56 Å². The first-order valence-electron chi connectivity index (χ1n) is 5.67. The molecule has 0 aliphatic carbocycles. The van der Waals surface area contributed by atoms with Crippen molar-refractivity contribution in [3.05, 3.63) is 53.9 Å². The maximum absolute atomic E-state index is 9.90. The van der Waals surface area contributed by atoms with Crippen molar-refractivity contribution >= 4 is 0 Å². The highest BCUT2D eigenvalue weighted by molar-refractivity contribution is 5.14. The molecule has 0 bridgehead atoms. The van der Waals surface area contributed by atoms with Crippen LogP contribution in [0, 0.1) is 0 Å². The van der Waals surface area contributed by atoms with Gasteiger partial charge in [0.15, 0.2) is 0 Å². The summed E-state index contributed by atoms with van der Waals surface area (Å²) in [5.74, 6) is 0. The topological polar surface area (TPSA) is 50.1 Å². The van der Waals surface area contributed by atoms with Crippen LogP contribution in [0.5, 0.6) is 0 Å². The third-order valence-electron chi connectivity index (χ3n) is 2.62. The van der Waals surface area contributed by atoms with Gasteiger partial charge in [0.1, 0.15) is 0 Å². The summed E-state index contributed by atoms with van der Waals surface area (Å²) in [6, 6.07) is 10.1. The normalized spacial score (nSPS) is 12.6. The maximum atomic E-state index is 9.90. The average Bonchev–Trinajstić information content (AvgIpc) is 2.77. The summed E-state index contributed by atoms with van der Waals surface area (Å²) in [4.78, 5) is 0. The molecule has 0 spiro atoms. The average molecular weight is 231 g/mol. The largest absolute Gasteiger partial charge is 0.387 e. The first-order valence-corrected chi connectivity index (χ1v) is 5.67. The fraction of sp³-hybridized carbons (Fsp3) is 0.308. The zero-order valence-electron chi connectivity index (χ0n) is 9.87. The molecule has 1 heterocycles. The quantitative estimate of drug-likeness (QED) is 0.814. The number of hydrogen-bond donors (Lipinski definition) is 2. The predicted octanol–water partition coefficient (Wildman–Crippen LogP) is 1.24. The van der Waals surface area contributed by atoms with E-state index in [1.54, 1.807) is 10.9 Å². The van der Waals surface area contributed by atoms with Crippen LogP contribution in [0.3, 0.4) is 0 Å². The highest BCUT2D eigenvalue weighted by Gasteiger charge is 2.08. The van der Waals surface area contributed by atoms with Crippen LogP contribution >= 0.6 is 0 Å². The molecular formula is C13H17N3O. The van der Waals surface area contributed by atoms with E-state index in [1.807, 2.05) is 31.4 Å². The van der Waals surface area contributed by atoms with Crippen LogP contribution in [0.25, 0.3) is 0 Å². The molecule has 2 N–H and O–H groups in total. The van der Waals surface area contributed by atoms with Gasteiger partial charge in [0, 0.05) is 31.9 Å². The number of hydrogen-bond acceptors (Lipinski definition) is 3. The molecule has 0 saturated carbocycles. The van der Waals surface area contributed by atoms with E-state index in [0.29, 0.717) is 6.54 Å². The number of nitrogens with zero attached hydrogens (tertiary/aromatic N) is 2. The zero-order chi connectivity index (χ0) is 12.1. The Bertz CT molecular complexity index is 453. The van der Waals surface area contributed by atoms with Gasteiger partial charge in [-0.25, -0.2) is 0 Å². The molecule has 0 aliphatic rings. The van der Waals surface area contributed by atoms with E-state index in [4.69, 9.17) is 0 Å². The Morgan fingerprint density at radius 1 is 1.35 bits per heavy atom. The van der Waals surface area contributed by atoms with Crippen molar-refractivity contribution < 1.29 is 5.11 Å². The van der Waals surface area contributed by atoms with E-state index in [2.05, 4.69) is 22.5 Å². The van der Waals surface area contributed by atoms with Crippen LogP contribution in [-0.4, -0.2) is 21.4 Å². The standard InChI is InChI=1S/C13H17N3O/c1-16-10-12(8-15-16)13(17)9-14-7-11-5-3-2-4-6-11/h2-6,8,10,13-14,17H,7,9H2,1H3/t13-/m1/s1. The molecule has 0 fully saturated rings. The van der Waals surface area contributed by atoms with Gasteiger partial charge in [-0.3, -0.25) is 4.68 Å². The summed E-state index contributed by atoms with van der Waals surface area (Å²) in [6.45, 7) is 1.29. The summed E-state index contributed by atoms with van der Waals surface area (Å²) in [5, 5.41) is 17.2. The lowest BCUT2D eigenvalue weighted by Gasteiger charge is -2.09. The van der Waals surface area contributed by atoms with Crippen LogP contribution in [0.4, 0.5) is 0 Å². The molecule has 0 amide bonds. The smallest absolute Gasteiger partial charge is 0.0944 e. The molecule has 4 nitrogen and oxygen atoms in total. The maximum Gasteiger partial charge on any atom is 0.0944 e. The molecule has 17 heavy (non-hydrogen) atoms. The third kappa shape index (κ3) is 3.41. The fourth-order valence-corrected chi connectivity index (χ4v) is 1.68. The van der Waals surface area contributed by atoms with E-state index < -0.39 is 6.10 Å². The minimum atomic E-state index is -0.507. The summed E-state index contributed by atoms with van der Waals surface area (Å²) in [6.07, 6.45) is 3.01. The van der Waals surface area contributed by atoms with Crippen LogP contribution in [0.15, 0.2) is 42.7 Å². The SMILES string of the molecule is Cn1cc([C@H](O)CNCc2ccccc2)cn1. The molecule has 0 aliphatic heterocycles. The van der Waals surface area contributed by atoms with Crippen molar-refractivity contribution in [2.24, 2.45) is 7.05 Å². The summed E-state index contributed by atoms with van der Waals surface area (Å²) >= 11 is 0. The number of aromatic nitrogens is 2.